The number of ether oxygens (including phenoxy) is 1. The SMILES string of the molecule is COCCNC(=O)Cc1csc(NC(=O)CN(C(=O)c2ccc(Cl)c(Cl)c2)C(C)C)n1. The van der Waals surface area contributed by atoms with E-state index in [-0.39, 0.29) is 35.8 Å². The molecule has 0 fully saturated rings. The molecule has 0 aliphatic carbocycles. The Kier molecular flexibility index (Phi) is 9.70. The number of carbonyl (C=O) groups is 3. The summed E-state index contributed by atoms with van der Waals surface area (Å²) in [5.41, 5.74) is 0.884. The van der Waals surface area contributed by atoms with Crippen molar-refractivity contribution in [2.75, 3.05) is 32.1 Å². The van der Waals surface area contributed by atoms with Gasteiger partial charge in [-0.05, 0) is 32.0 Å². The van der Waals surface area contributed by atoms with Crippen LogP contribution in [0.1, 0.15) is 29.9 Å². The molecule has 2 N–H and O–H groups in total. The second-order valence-electron chi connectivity index (χ2n) is 6.87. The number of aromatic nitrogens is 1. The zero-order valence-electron chi connectivity index (χ0n) is 17.4. The van der Waals surface area contributed by atoms with E-state index >= 15 is 0 Å². The summed E-state index contributed by atoms with van der Waals surface area (Å²) in [6.07, 6.45) is 0.101. The number of hydrogen-bond donors (Lipinski definition) is 2. The summed E-state index contributed by atoms with van der Waals surface area (Å²) in [7, 11) is 1.56. The summed E-state index contributed by atoms with van der Waals surface area (Å²) in [5, 5.41) is 8.05. The van der Waals surface area contributed by atoms with Crippen molar-refractivity contribution < 1.29 is 19.1 Å². The van der Waals surface area contributed by atoms with Gasteiger partial charge in [0, 0.05) is 30.6 Å². The number of anilines is 1. The molecule has 11 heteroatoms. The molecule has 0 aliphatic rings. The van der Waals surface area contributed by atoms with E-state index in [2.05, 4.69) is 15.6 Å². The Morgan fingerprint density at radius 1 is 1.19 bits per heavy atom. The molecule has 8 nitrogen and oxygen atoms in total. The van der Waals surface area contributed by atoms with E-state index in [0.29, 0.717) is 34.6 Å². The fourth-order valence-corrected chi connectivity index (χ4v) is 3.59. The van der Waals surface area contributed by atoms with Gasteiger partial charge in [0.1, 0.15) is 6.54 Å². The van der Waals surface area contributed by atoms with Crippen LogP contribution >= 0.6 is 34.5 Å². The van der Waals surface area contributed by atoms with Crippen LogP contribution in [-0.2, 0) is 20.7 Å². The number of benzene rings is 1. The highest BCUT2D eigenvalue weighted by molar-refractivity contribution is 7.13. The molecule has 1 aromatic carbocycles. The van der Waals surface area contributed by atoms with Crippen molar-refractivity contribution in [2.45, 2.75) is 26.3 Å². The highest BCUT2D eigenvalue weighted by atomic mass is 35.5. The van der Waals surface area contributed by atoms with Crippen LogP contribution in [0.5, 0.6) is 0 Å². The number of halogens is 2. The first-order valence-corrected chi connectivity index (χ1v) is 11.1. The Morgan fingerprint density at radius 2 is 1.94 bits per heavy atom. The van der Waals surface area contributed by atoms with Crippen molar-refractivity contribution in [1.29, 1.82) is 0 Å². The fraction of sp³-hybridized carbons (Fsp3) is 0.400. The molecular formula is C20H24Cl2N4O4S. The highest BCUT2D eigenvalue weighted by Gasteiger charge is 2.23. The summed E-state index contributed by atoms with van der Waals surface area (Å²) < 4.78 is 4.88. The number of nitrogens with zero attached hydrogens (tertiary/aromatic N) is 2. The fourth-order valence-electron chi connectivity index (χ4n) is 2.56. The van der Waals surface area contributed by atoms with Crippen molar-refractivity contribution >= 4 is 57.4 Å². The summed E-state index contributed by atoms with van der Waals surface area (Å²) in [6, 6.07) is 4.35. The second kappa shape index (κ2) is 12.0. The minimum atomic E-state index is -0.396. The van der Waals surface area contributed by atoms with Gasteiger partial charge in [0.2, 0.25) is 11.8 Å². The molecule has 168 valence electrons. The number of thiazole rings is 1. The van der Waals surface area contributed by atoms with Crippen LogP contribution in [0.25, 0.3) is 0 Å². The van der Waals surface area contributed by atoms with E-state index in [1.807, 2.05) is 13.8 Å². The monoisotopic (exact) mass is 486 g/mol. The Morgan fingerprint density at radius 3 is 2.58 bits per heavy atom. The Bertz CT molecular complexity index is 936. The molecule has 2 aromatic rings. The van der Waals surface area contributed by atoms with Gasteiger partial charge in [0.15, 0.2) is 5.13 Å². The molecule has 2 rings (SSSR count). The van der Waals surface area contributed by atoms with Crippen LogP contribution in [-0.4, -0.2) is 60.5 Å². The molecule has 0 aliphatic heterocycles. The van der Waals surface area contributed by atoms with Gasteiger partial charge in [-0.3, -0.25) is 14.4 Å². The molecule has 3 amide bonds. The standard InChI is InChI=1S/C20H24Cl2N4O4S/c1-12(2)26(19(29)13-4-5-15(21)16(22)8-13)10-18(28)25-20-24-14(11-31-20)9-17(27)23-6-7-30-3/h4-5,8,11-12H,6-7,9-10H2,1-3H3,(H,23,27)(H,24,25,28). The van der Waals surface area contributed by atoms with Crippen LogP contribution in [0.15, 0.2) is 23.6 Å². The Labute approximate surface area is 194 Å². The zero-order valence-corrected chi connectivity index (χ0v) is 19.7. The summed E-state index contributed by atoms with van der Waals surface area (Å²) in [5.74, 6) is -0.915. The normalized spacial score (nSPS) is 10.8. The lowest BCUT2D eigenvalue weighted by Crippen LogP contribution is -2.42. The van der Waals surface area contributed by atoms with Crippen molar-refractivity contribution in [3.05, 3.63) is 44.9 Å². The van der Waals surface area contributed by atoms with Crippen LogP contribution in [0.4, 0.5) is 5.13 Å². The maximum atomic E-state index is 12.8. The van der Waals surface area contributed by atoms with Gasteiger partial charge in [-0.15, -0.1) is 11.3 Å². The first-order chi connectivity index (χ1) is 14.7. The largest absolute Gasteiger partial charge is 0.383 e. The summed E-state index contributed by atoms with van der Waals surface area (Å²) in [6.45, 7) is 4.31. The molecule has 0 saturated heterocycles. The zero-order chi connectivity index (χ0) is 23.0. The maximum absolute atomic E-state index is 12.8. The minimum absolute atomic E-state index is 0.101. The number of methoxy groups -OCH3 is 1. The lowest BCUT2D eigenvalue weighted by molar-refractivity contribution is -0.120. The number of hydrogen-bond acceptors (Lipinski definition) is 6. The quantitative estimate of drug-likeness (QED) is 0.502. The molecule has 0 radical (unpaired) electrons. The summed E-state index contributed by atoms with van der Waals surface area (Å²) >= 11 is 13.1. The van der Waals surface area contributed by atoms with Crippen molar-refractivity contribution in [3.8, 4) is 0 Å². The third-order valence-corrected chi connectivity index (χ3v) is 5.68. The number of carbonyl (C=O) groups excluding carboxylic acids is 3. The molecule has 0 unspecified atom stereocenters. The third-order valence-electron chi connectivity index (χ3n) is 4.13. The molecule has 31 heavy (non-hydrogen) atoms. The smallest absolute Gasteiger partial charge is 0.254 e. The lowest BCUT2D eigenvalue weighted by Gasteiger charge is -2.26. The molecule has 0 saturated carbocycles. The Balaban J connectivity index is 1.96. The highest BCUT2D eigenvalue weighted by Crippen LogP contribution is 2.24. The van der Waals surface area contributed by atoms with Crippen molar-refractivity contribution in [2.24, 2.45) is 0 Å². The predicted octanol–water partition coefficient (Wildman–Crippen LogP) is 3.24. The van der Waals surface area contributed by atoms with Crippen LogP contribution in [0, 0.1) is 0 Å². The molecule has 0 atom stereocenters. The van der Waals surface area contributed by atoms with Gasteiger partial charge in [0.05, 0.1) is 28.8 Å². The average molecular weight is 487 g/mol. The van der Waals surface area contributed by atoms with E-state index in [9.17, 15) is 14.4 Å². The summed E-state index contributed by atoms with van der Waals surface area (Å²) in [4.78, 5) is 42.9. The number of amides is 3. The Hall–Kier alpha value is -2.20. The predicted molar refractivity (Wildman–Crippen MR) is 122 cm³/mol. The van der Waals surface area contributed by atoms with Gasteiger partial charge in [0.25, 0.3) is 5.91 Å². The molecule has 1 aromatic heterocycles. The van der Waals surface area contributed by atoms with Crippen LogP contribution < -0.4 is 10.6 Å². The van der Waals surface area contributed by atoms with E-state index < -0.39 is 5.91 Å². The second-order valence-corrected chi connectivity index (χ2v) is 8.54. The first-order valence-electron chi connectivity index (χ1n) is 9.47. The first kappa shape index (κ1) is 25.1. The maximum Gasteiger partial charge on any atom is 0.254 e. The molecule has 0 bridgehead atoms. The van der Waals surface area contributed by atoms with Crippen molar-refractivity contribution in [1.82, 2.24) is 15.2 Å². The number of nitrogens with one attached hydrogen (secondary N) is 2. The van der Waals surface area contributed by atoms with Gasteiger partial charge >= 0.3 is 0 Å². The minimum Gasteiger partial charge on any atom is -0.383 e. The van der Waals surface area contributed by atoms with Crippen LogP contribution in [0.3, 0.4) is 0 Å². The number of rotatable bonds is 10. The van der Waals surface area contributed by atoms with Gasteiger partial charge in [-0.1, -0.05) is 23.2 Å². The topological polar surface area (TPSA) is 101 Å². The van der Waals surface area contributed by atoms with Gasteiger partial charge < -0.3 is 20.3 Å². The van der Waals surface area contributed by atoms with E-state index in [4.69, 9.17) is 27.9 Å². The average Bonchev–Trinajstić information content (AvgIpc) is 3.14. The lowest BCUT2D eigenvalue weighted by atomic mass is 10.1. The molecular weight excluding hydrogens is 463 g/mol. The third kappa shape index (κ3) is 7.77. The molecule has 0 spiro atoms. The van der Waals surface area contributed by atoms with Crippen molar-refractivity contribution in [3.63, 3.8) is 0 Å². The van der Waals surface area contributed by atoms with E-state index in [1.54, 1.807) is 18.6 Å². The van der Waals surface area contributed by atoms with Crippen LogP contribution in [0.2, 0.25) is 10.0 Å². The van der Waals surface area contributed by atoms with E-state index in [0.717, 1.165) is 0 Å². The van der Waals surface area contributed by atoms with Gasteiger partial charge in [-0.2, -0.15) is 0 Å². The molecule has 1 heterocycles. The van der Waals surface area contributed by atoms with Gasteiger partial charge in [-0.25, -0.2) is 4.98 Å². The van der Waals surface area contributed by atoms with E-state index in [1.165, 1.54) is 28.4 Å².